The van der Waals surface area contributed by atoms with Crippen molar-refractivity contribution < 1.29 is 9.59 Å². The molecule has 2 amide bonds. The molecule has 0 unspecified atom stereocenters. The summed E-state index contributed by atoms with van der Waals surface area (Å²) in [5, 5.41) is 7.99. The first kappa shape index (κ1) is 20.6. The van der Waals surface area contributed by atoms with Crippen LogP contribution >= 0.6 is 11.8 Å². The highest BCUT2D eigenvalue weighted by atomic mass is 32.2. The maximum atomic E-state index is 12.3. The molecule has 0 saturated heterocycles. The fourth-order valence-electron chi connectivity index (χ4n) is 2.77. The number of hydrogen-bond acceptors (Lipinski definition) is 7. The van der Waals surface area contributed by atoms with E-state index >= 15 is 0 Å². The van der Waals surface area contributed by atoms with Gasteiger partial charge in [0.15, 0.2) is 0 Å². The summed E-state index contributed by atoms with van der Waals surface area (Å²) in [4.78, 5) is 33.0. The Hall–Kier alpha value is -3.14. The fraction of sp³-hybridized carbons (Fsp3) is 0.316. The van der Waals surface area contributed by atoms with Gasteiger partial charge in [-0.25, -0.2) is 9.50 Å². The zero-order chi connectivity index (χ0) is 21.0. The molecule has 0 bridgehead atoms. The summed E-state index contributed by atoms with van der Waals surface area (Å²) in [6, 6.07) is 7.69. The van der Waals surface area contributed by atoms with Gasteiger partial charge in [-0.1, -0.05) is 29.5 Å². The zero-order valence-corrected chi connectivity index (χ0v) is 17.6. The number of rotatable bonds is 6. The van der Waals surface area contributed by atoms with E-state index in [1.54, 1.807) is 4.52 Å². The number of hydrazine groups is 1. The molecular formula is C19H23N7O2S. The van der Waals surface area contributed by atoms with Crippen molar-refractivity contribution in [3.05, 3.63) is 46.8 Å². The van der Waals surface area contributed by atoms with Crippen molar-refractivity contribution in [3.8, 4) is 0 Å². The zero-order valence-electron chi connectivity index (χ0n) is 16.7. The van der Waals surface area contributed by atoms with Crippen LogP contribution in [0.1, 0.15) is 22.5 Å². The standard InChI is InChI=1S/C19H23N7O2S/c1-11-5-7-14(8-6-11)20-10-17(28)24-23-16(27)9-15-12(2)21-18-22-19(29-4)25-26(18)13(15)3/h5-8,20H,9-10H2,1-4H3,(H,23,27)(H,24,28). The highest BCUT2D eigenvalue weighted by Gasteiger charge is 2.16. The maximum Gasteiger partial charge on any atom is 0.257 e. The second-order valence-corrected chi connectivity index (χ2v) is 7.34. The summed E-state index contributed by atoms with van der Waals surface area (Å²) in [5.74, 6) is -0.183. The lowest BCUT2D eigenvalue weighted by atomic mass is 10.1. The lowest BCUT2D eigenvalue weighted by molar-refractivity contribution is -0.127. The minimum absolute atomic E-state index is 0.0470. The van der Waals surface area contributed by atoms with Crippen molar-refractivity contribution in [1.29, 1.82) is 0 Å². The SMILES string of the molecule is CSc1nc2nc(C)c(CC(=O)NNC(=O)CNc3ccc(C)cc3)c(C)n2n1. The summed E-state index contributed by atoms with van der Waals surface area (Å²) in [7, 11) is 0. The number of aromatic nitrogens is 4. The second-order valence-electron chi connectivity index (χ2n) is 6.56. The number of anilines is 1. The Bertz CT molecular complexity index is 1050. The van der Waals surface area contributed by atoms with Crippen LogP contribution in [-0.4, -0.2) is 44.2 Å². The number of nitrogens with zero attached hydrogens (tertiary/aromatic N) is 4. The predicted molar refractivity (Wildman–Crippen MR) is 112 cm³/mol. The van der Waals surface area contributed by atoms with E-state index in [-0.39, 0.29) is 24.8 Å². The van der Waals surface area contributed by atoms with Crippen molar-refractivity contribution in [2.24, 2.45) is 0 Å². The number of hydrogen-bond donors (Lipinski definition) is 3. The first-order valence-electron chi connectivity index (χ1n) is 9.02. The smallest absolute Gasteiger partial charge is 0.257 e. The third-order valence-electron chi connectivity index (χ3n) is 4.40. The van der Waals surface area contributed by atoms with E-state index < -0.39 is 0 Å². The predicted octanol–water partition coefficient (Wildman–Crippen LogP) is 1.57. The molecule has 10 heteroatoms. The summed E-state index contributed by atoms with van der Waals surface area (Å²) >= 11 is 1.43. The van der Waals surface area contributed by atoms with E-state index in [0.29, 0.717) is 16.6 Å². The number of nitrogens with one attached hydrogen (secondary N) is 3. The average Bonchev–Trinajstić information content (AvgIpc) is 3.12. The van der Waals surface area contributed by atoms with Gasteiger partial charge in [0.2, 0.25) is 11.1 Å². The third kappa shape index (κ3) is 5.02. The monoisotopic (exact) mass is 413 g/mol. The third-order valence-corrected chi connectivity index (χ3v) is 4.93. The normalized spacial score (nSPS) is 10.8. The van der Waals surface area contributed by atoms with Crippen LogP contribution in [0.25, 0.3) is 5.78 Å². The van der Waals surface area contributed by atoms with Gasteiger partial charge in [-0.3, -0.25) is 20.4 Å². The van der Waals surface area contributed by atoms with E-state index in [0.717, 1.165) is 22.5 Å². The van der Waals surface area contributed by atoms with Gasteiger partial charge < -0.3 is 5.32 Å². The van der Waals surface area contributed by atoms with Crippen LogP contribution in [0.15, 0.2) is 29.4 Å². The number of carbonyl (C=O) groups excluding carboxylic acids is 2. The Kier molecular flexibility index (Phi) is 6.32. The molecule has 3 rings (SSSR count). The molecule has 152 valence electrons. The first-order valence-corrected chi connectivity index (χ1v) is 10.2. The molecule has 0 aliphatic heterocycles. The highest BCUT2D eigenvalue weighted by Crippen LogP contribution is 2.17. The van der Waals surface area contributed by atoms with Crippen LogP contribution in [0.2, 0.25) is 0 Å². The average molecular weight is 414 g/mol. The first-order chi connectivity index (χ1) is 13.9. The van der Waals surface area contributed by atoms with Gasteiger partial charge in [0, 0.05) is 22.6 Å². The van der Waals surface area contributed by atoms with Gasteiger partial charge in [0.25, 0.3) is 11.7 Å². The number of thioether (sulfide) groups is 1. The van der Waals surface area contributed by atoms with E-state index in [1.807, 2.05) is 51.3 Å². The Morgan fingerprint density at radius 3 is 2.41 bits per heavy atom. The van der Waals surface area contributed by atoms with E-state index in [1.165, 1.54) is 11.8 Å². The number of aryl methyl sites for hydroxylation is 3. The van der Waals surface area contributed by atoms with Crippen molar-refractivity contribution >= 4 is 35.0 Å². The molecule has 1 aromatic carbocycles. The van der Waals surface area contributed by atoms with Crippen LogP contribution in [0, 0.1) is 20.8 Å². The molecule has 0 atom stereocenters. The molecule has 3 aromatic rings. The van der Waals surface area contributed by atoms with Gasteiger partial charge in [0.05, 0.1) is 13.0 Å². The van der Waals surface area contributed by atoms with Gasteiger partial charge in [-0.15, -0.1) is 5.10 Å². The van der Waals surface area contributed by atoms with Crippen LogP contribution in [0.5, 0.6) is 0 Å². The van der Waals surface area contributed by atoms with Gasteiger partial charge >= 0.3 is 0 Å². The fourth-order valence-corrected chi connectivity index (χ4v) is 3.11. The van der Waals surface area contributed by atoms with Crippen LogP contribution in [-0.2, 0) is 16.0 Å². The van der Waals surface area contributed by atoms with E-state index in [9.17, 15) is 9.59 Å². The Morgan fingerprint density at radius 2 is 1.72 bits per heavy atom. The molecule has 2 heterocycles. The minimum Gasteiger partial charge on any atom is -0.376 e. The van der Waals surface area contributed by atoms with Gasteiger partial charge in [-0.05, 0) is 39.2 Å². The topological polar surface area (TPSA) is 113 Å². The van der Waals surface area contributed by atoms with Crippen LogP contribution < -0.4 is 16.2 Å². The van der Waals surface area contributed by atoms with Crippen molar-refractivity contribution in [2.75, 3.05) is 18.1 Å². The molecule has 29 heavy (non-hydrogen) atoms. The quantitative estimate of drug-likeness (QED) is 0.415. The maximum absolute atomic E-state index is 12.3. The molecule has 0 aliphatic rings. The Morgan fingerprint density at radius 1 is 1.03 bits per heavy atom. The van der Waals surface area contributed by atoms with Crippen molar-refractivity contribution in [1.82, 2.24) is 30.4 Å². The van der Waals surface area contributed by atoms with Crippen molar-refractivity contribution in [2.45, 2.75) is 32.3 Å². The number of fused-ring (bicyclic) bond motifs is 1. The van der Waals surface area contributed by atoms with Gasteiger partial charge in [-0.2, -0.15) is 4.98 Å². The second kappa shape index (κ2) is 8.91. The lowest BCUT2D eigenvalue weighted by Gasteiger charge is -2.12. The molecule has 2 aromatic heterocycles. The molecule has 0 fully saturated rings. The van der Waals surface area contributed by atoms with Crippen LogP contribution in [0.3, 0.4) is 0 Å². The summed E-state index contributed by atoms with van der Waals surface area (Å²) in [5.41, 5.74) is 9.08. The molecule has 0 radical (unpaired) electrons. The summed E-state index contributed by atoms with van der Waals surface area (Å²) in [6.07, 6.45) is 1.96. The number of amides is 2. The number of benzene rings is 1. The lowest BCUT2D eigenvalue weighted by Crippen LogP contribution is -2.44. The molecule has 3 N–H and O–H groups in total. The Labute approximate surface area is 172 Å². The highest BCUT2D eigenvalue weighted by molar-refractivity contribution is 7.98. The molecule has 9 nitrogen and oxygen atoms in total. The minimum atomic E-state index is -0.346. The van der Waals surface area contributed by atoms with Gasteiger partial charge in [0.1, 0.15) is 0 Å². The summed E-state index contributed by atoms with van der Waals surface area (Å²) < 4.78 is 1.63. The molecule has 0 spiro atoms. The number of carbonyl (C=O) groups is 2. The van der Waals surface area contributed by atoms with Crippen molar-refractivity contribution in [3.63, 3.8) is 0 Å². The van der Waals surface area contributed by atoms with Crippen LogP contribution in [0.4, 0.5) is 5.69 Å². The summed E-state index contributed by atoms with van der Waals surface area (Å²) in [6.45, 7) is 5.74. The Balaban J connectivity index is 1.56. The van der Waals surface area contributed by atoms with E-state index in [4.69, 9.17) is 0 Å². The van der Waals surface area contributed by atoms with E-state index in [2.05, 4.69) is 31.2 Å². The molecular weight excluding hydrogens is 390 g/mol. The molecule has 0 saturated carbocycles. The molecule has 0 aliphatic carbocycles. The largest absolute Gasteiger partial charge is 0.376 e.